The normalized spacial score (nSPS) is 15.6. The number of thioether (sulfide) groups is 1. The minimum absolute atomic E-state index is 0.0959. The predicted molar refractivity (Wildman–Crippen MR) is 112 cm³/mol. The molecule has 0 fully saturated rings. The van der Waals surface area contributed by atoms with Crippen LogP contribution in [0.5, 0.6) is 0 Å². The molecule has 164 valence electrons. The molecule has 0 bridgehead atoms. The van der Waals surface area contributed by atoms with E-state index in [1.807, 2.05) is 12.1 Å². The van der Waals surface area contributed by atoms with Crippen molar-refractivity contribution in [1.29, 1.82) is 0 Å². The molecule has 6 nitrogen and oxygen atoms in total. The summed E-state index contributed by atoms with van der Waals surface area (Å²) in [4.78, 5) is 38.8. The number of para-hydroxylation sites is 1. The third-order valence-corrected chi connectivity index (χ3v) is 6.03. The second-order valence-corrected chi connectivity index (χ2v) is 8.44. The maximum absolute atomic E-state index is 12.9. The number of hydrogen-bond acceptors (Lipinski definition) is 4. The maximum atomic E-state index is 12.9. The number of anilines is 2. The number of amides is 3. The van der Waals surface area contributed by atoms with Gasteiger partial charge in [0.05, 0.1) is 28.1 Å². The monoisotopic (exact) mass is 471 g/mol. The molecule has 2 aromatic carbocycles. The molecule has 3 amide bonds. The fourth-order valence-electron chi connectivity index (χ4n) is 2.87. The van der Waals surface area contributed by atoms with Crippen LogP contribution in [0.15, 0.2) is 47.4 Å². The molecular formula is C20H17ClF3N3O3S. The number of likely N-dealkylation sites (N-methyl/N-ethyl adjacent to an activating group) is 1. The molecule has 0 aromatic heterocycles. The van der Waals surface area contributed by atoms with Crippen molar-refractivity contribution in [1.82, 2.24) is 4.90 Å². The lowest BCUT2D eigenvalue weighted by molar-refractivity contribution is -0.137. The van der Waals surface area contributed by atoms with Crippen LogP contribution in [-0.4, -0.2) is 41.5 Å². The molecule has 1 heterocycles. The number of carbonyl (C=O) groups is 3. The molecule has 0 spiro atoms. The maximum Gasteiger partial charge on any atom is 0.417 e. The lowest BCUT2D eigenvalue weighted by Crippen LogP contribution is -2.39. The summed E-state index contributed by atoms with van der Waals surface area (Å²) in [5, 5.41) is 3.92. The highest BCUT2D eigenvalue weighted by Gasteiger charge is 2.34. The summed E-state index contributed by atoms with van der Waals surface area (Å²) in [6.45, 7) is -0.390. The largest absolute Gasteiger partial charge is 0.417 e. The van der Waals surface area contributed by atoms with Crippen molar-refractivity contribution in [2.24, 2.45) is 0 Å². The van der Waals surface area contributed by atoms with Gasteiger partial charge in [-0.2, -0.15) is 13.2 Å². The van der Waals surface area contributed by atoms with E-state index >= 15 is 0 Å². The molecule has 11 heteroatoms. The number of nitrogens with zero attached hydrogens (tertiary/aromatic N) is 1. The number of halogens is 4. The minimum Gasteiger partial charge on any atom is -0.336 e. The summed E-state index contributed by atoms with van der Waals surface area (Å²) in [5.74, 6) is -1.44. The molecule has 3 rings (SSSR count). The van der Waals surface area contributed by atoms with Crippen molar-refractivity contribution in [3.8, 4) is 0 Å². The predicted octanol–water partition coefficient (Wildman–Crippen LogP) is 4.26. The van der Waals surface area contributed by atoms with Gasteiger partial charge in [0.2, 0.25) is 17.7 Å². The Morgan fingerprint density at radius 2 is 1.94 bits per heavy atom. The van der Waals surface area contributed by atoms with Crippen molar-refractivity contribution in [2.45, 2.75) is 22.7 Å². The summed E-state index contributed by atoms with van der Waals surface area (Å²) in [6, 6.07) is 10.2. The zero-order valence-corrected chi connectivity index (χ0v) is 17.7. The average molecular weight is 472 g/mol. The van der Waals surface area contributed by atoms with E-state index in [1.165, 1.54) is 24.9 Å². The number of rotatable bonds is 5. The Kier molecular flexibility index (Phi) is 6.80. The molecule has 0 saturated heterocycles. The Hall–Kier alpha value is -2.72. The third-order valence-electron chi connectivity index (χ3n) is 4.43. The lowest BCUT2D eigenvalue weighted by Gasteiger charge is -2.25. The first-order valence-corrected chi connectivity index (χ1v) is 10.3. The average Bonchev–Trinajstić information content (AvgIpc) is 2.69. The van der Waals surface area contributed by atoms with Crippen LogP contribution in [-0.2, 0) is 20.6 Å². The second kappa shape index (κ2) is 9.19. The number of alkyl halides is 3. The Bertz CT molecular complexity index is 1030. The van der Waals surface area contributed by atoms with E-state index in [0.29, 0.717) is 5.69 Å². The standard InChI is InChI=1S/C20H17ClF3N3O3S/c1-27(10-17(28)25-11-6-7-13(21)12(8-11)20(22,23)24)18(29)9-16-19(30)26-14-4-2-3-5-15(14)31-16/h2-8,16H,9-10H2,1H3,(H,25,28)(H,26,30)/t16-/m1/s1. The molecular weight excluding hydrogens is 455 g/mol. The smallest absolute Gasteiger partial charge is 0.336 e. The van der Waals surface area contributed by atoms with Gasteiger partial charge < -0.3 is 15.5 Å². The first-order valence-electron chi connectivity index (χ1n) is 9.01. The van der Waals surface area contributed by atoms with Crippen LogP contribution >= 0.6 is 23.4 Å². The summed E-state index contributed by atoms with van der Waals surface area (Å²) in [6.07, 6.45) is -4.80. The lowest BCUT2D eigenvalue weighted by atomic mass is 10.2. The fourth-order valence-corrected chi connectivity index (χ4v) is 4.19. The molecule has 2 aromatic rings. The molecule has 0 unspecified atom stereocenters. The topological polar surface area (TPSA) is 78.5 Å². The van der Waals surface area contributed by atoms with Gasteiger partial charge in [-0.1, -0.05) is 23.7 Å². The van der Waals surface area contributed by atoms with Gasteiger partial charge in [-0.25, -0.2) is 0 Å². The van der Waals surface area contributed by atoms with Gasteiger partial charge in [0.1, 0.15) is 0 Å². The van der Waals surface area contributed by atoms with E-state index in [4.69, 9.17) is 11.6 Å². The SMILES string of the molecule is CN(CC(=O)Nc1ccc(Cl)c(C(F)(F)F)c1)C(=O)C[C@H]1Sc2ccccc2NC1=O. The summed E-state index contributed by atoms with van der Waals surface area (Å²) in [5.41, 5.74) is -0.492. The van der Waals surface area contributed by atoms with Gasteiger partial charge >= 0.3 is 6.18 Å². The highest BCUT2D eigenvalue weighted by Crippen LogP contribution is 2.37. The molecule has 2 N–H and O–H groups in total. The zero-order valence-electron chi connectivity index (χ0n) is 16.1. The van der Waals surface area contributed by atoms with Crippen LogP contribution < -0.4 is 10.6 Å². The first kappa shape index (κ1) is 23.0. The van der Waals surface area contributed by atoms with Crippen molar-refractivity contribution < 1.29 is 27.6 Å². The number of carbonyl (C=O) groups excluding carboxylic acids is 3. The Morgan fingerprint density at radius 3 is 2.65 bits per heavy atom. The van der Waals surface area contributed by atoms with E-state index in [-0.39, 0.29) is 18.0 Å². The number of hydrogen-bond donors (Lipinski definition) is 2. The first-order chi connectivity index (χ1) is 14.5. The van der Waals surface area contributed by atoms with Gasteiger partial charge in [-0.3, -0.25) is 14.4 Å². The van der Waals surface area contributed by atoms with E-state index in [1.54, 1.807) is 12.1 Å². The van der Waals surface area contributed by atoms with Crippen LogP contribution in [0.2, 0.25) is 5.02 Å². The summed E-state index contributed by atoms with van der Waals surface area (Å²) < 4.78 is 38.8. The summed E-state index contributed by atoms with van der Waals surface area (Å²) in [7, 11) is 1.38. The molecule has 31 heavy (non-hydrogen) atoms. The zero-order chi connectivity index (χ0) is 22.8. The fraction of sp³-hybridized carbons (Fsp3) is 0.250. The quantitative estimate of drug-likeness (QED) is 0.683. The van der Waals surface area contributed by atoms with Gasteiger partial charge in [-0.05, 0) is 30.3 Å². The van der Waals surface area contributed by atoms with Crippen LogP contribution in [0.25, 0.3) is 0 Å². The Balaban J connectivity index is 1.58. The summed E-state index contributed by atoms with van der Waals surface area (Å²) >= 11 is 6.82. The van der Waals surface area contributed by atoms with Gasteiger partial charge in [-0.15, -0.1) is 11.8 Å². The Labute approximate surface area is 185 Å². The third kappa shape index (κ3) is 5.71. The molecule has 1 aliphatic rings. The Morgan fingerprint density at radius 1 is 1.23 bits per heavy atom. The van der Waals surface area contributed by atoms with Crippen LogP contribution in [0.4, 0.5) is 24.5 Å². The van der Waals surface area contributed by atoms with Crippen molar-refractivity contribution in [3.05, 3.63) is 53.1 Å². The molecule has 1 aliphatic heterocycles. The molecule has 0 saturated carbocycles. The molecule has 0 radical (unpaired) electrons. The number of fused-ring (bicyclic) bond motifs is 1. The number of benzene rings is 2. The van der Waals surface area contributed by atoms with E-state index in [0.717, 1.165) is 21.9 Å². The second-order valence-electron chi connectivity index (χ2n) is 6.79. The van der Waals surface area contributed by atoms with Gasteiger partial charge in [0.15, 0.2) is 0 Å². The van der Waals surface area contributed by atoms with Crippen molar-refractivity contribution in [3.63, 3.8) is 0 Å². The van der Waals surface area contributed by atoms with E-state index < -0.39 is 40.4 Å². The van der Waals surface area contributed by atoms with Crippen molar-refractivity contribution >= 4 is 52.5 Å². The van der Waals surface area contributed by atoms with Crippen LogP contribution in [0.3, 0.4) is 0 Å². The van der Waals surface area contributed by atoms with E-state index in [2.05, 4.69) is 10.6 Å². The van der Waals surface area contributed by atoms with Gasteiger partial charge in [0, 0.05) is 24.1 Å². The van der Waals surface area contributed by atoms with Crippen molar-refractivity contribution in [2.75, 3.05) is 24.2 Å². The van der Waals surface area contributed by atoms with Crippen LogP contribution in [0, 0.1) is 0 Å². The number of nitrogens with one attached hydrogen (secondary N) is 2. The van der Waals surface area contributed by atoms with E-state index in [9.17, 15) is 27.6 Å². The molecule has 1 atom stereocenters. The highest BCUT2D eigenvalue weighted by molar-refractivity contribution is 8.01. The highest BCUT2D eigenvalue weighted by atomic mass is 35.5. The molecule has 0 aliphatic carbocycles. The van der Waals surface area contributed by atoms with Gasteiger partial charge in [0.25, 0.3) is 0 Å². The minimum atomic E-state index is -4.67. The van der Waals surface area contributed by atoms with Crippen LogP contribution in [0.1, 0.15) is 12.0 Å².